The molecule has 0 atom stereocenters. The van der Waals surface area contributed by atoms with E-state index >= 15 is 0 Å². The van der Waals surface area contributed by atoms with Gasteiger partial charge in [-0.25, -0.2) is 4.39 Å². The molecule has 0 saturated carbocycles. The minimum absolute atomic E-state index is 0.196. The minimum Gasteiger partial charge on any atom is -0.307 e. The summed E-state index contributed by atoms with van der Waals surface area (Å²) in [6, 6.07) is 23.2. The topological polar surface area (TPSA) is 64.7 Å². The molecule has 6 nitrogen and oxygen atoms in total. The molecular formula is C26H21ClFN5O. The van der Waals surface area contributed by atoms with Crippen LogP contribution in [0, 0.1) is 5.82 Å². The number of aromatic nitrogens is 4. The molecule has 2 heterocycles. The third-order valence-corrected chi connectivity index (χ3v) is 5.94. The number of benzene rings is 3. The van der Waals surface area contributed by atoms with Gasteiger partial charge in [-0.1, -0.05) is 48.0 Å². The van der Waals surface area contributed by atoms with Crippen LogP contribution in [0.2, 0.25) is 5.02 Å². The average Bonchev–Trinajstić information content (AvgIpc) is 3.32. The zero-order valence-corrected chi connectivity index (χ0v) is 18.9. The van der Waals surface area contributed by atoms with Gasteiger partial charge in [-0.15, -0.1) is 0 Å². The van der Waals surface area contributed by atoms with E-state index in [0.717, 1.165) is 22.3 Å². The van der Waals surface area contributed by atoms with E-state index in [0.29, 0.717) is 29.2 Å². The van der Waals surface area contributed by atoms with Crippen LogP contribution >= 0.6 is 11.6 Å². The largest absolute Gasteiger partial charge is 0.307 e. The van der Waals surface area contributed by atoms with Gasteiger partial charge in [-0.2, -0.15) is 15.0 Å². The van der Waals surface area contributed by atoms with Crippen molar-refractivity contribution in [2.24, 2.45) is 0 Å². The Kier molecular flexibility index (Phi) is 6.20. The summed E-state index contributed by atoms with van der Waals surface area (Å²) in [5.74, 6) is -0.396. The Morgan fingerprint density at radius 1 is 0.912 bits per heavy atom. The Balaban J connectivity index is 1.40. The Labute approximate surface area is 200 Å². The first-order chi connectivity index (χ1) is 16.6. The van der Waals surface area contributed by atoms with Crippen molar-refractivity contribution in [3.63, 3.8) is 0 Å². The number of nitrogens with zero attached hydrogens (tertiary/aromatic N) is 4. The van der Waals surface area contributed by atoms with E-state index in [9.17, 15) is 9.18 Å². The van der Waals surface area contributed by atoms with E-state index < -0.39 is 5.82 Å². The molecule has 34 heavy (non-hydrogen) atoms. The molecule has 0 aliphatic carbocycles. The van der Waals surface area contributed by atoms with Crippen LogP contribution in [-0.2, 0) is 19.6 Å². The van der Waals surface area contributed by atoms with Gasteiger partial charge in [-0.05, 0) is 53.4 Å². The lowest BCUT2D eigenvalue weighted by molar-refractivity contribution is 0.626. The molecule has 3 aromatic carbocycles. The van der Waals surface area contributed by atoms with Crippen LogP contribution < -0.4 is 10.9 Å². The van der Waals surface area contributed by atoms with Gasteiger partial charge in [0.05, 0.1) is 29.6 Å². The third kappa shape index (κ3) is 4.62. The summed E-state index contributed by atoms with van der Waals surface area (Å²) in [7, 11) is 0. The van der Waals surface area contributed by atoms with Gasteiger partial charge in [0.1, 0.15) is 5.82 Å². The summed E-state index contributed by atoms with van der Waals surface area (Å²) in [4.78, 5) is 14.9. The summed E-state index contributed by atoms with van der Waals surface area (Å²) >= 11 is 6.33. The predicted octanol–water partition coefficient (Wildman–Crippen LogP) is 4.71. The van der Waals surface area contributed by atoms with E-state index in [2.05, 4.69) is 15.5 Å². The quantitative estimate of drug-likeness (QED) is 0.372. The highest BCUT2D eigenvalue weighted by Gasteiger charge is 2.12. The summed E-state index contributed by atoms with van der Waals surface area (Å²) in [5, 5.41) is 13.4. The fourth-order valence-corrected chi connectivity index (χ4v) is 4.07. The first kappa shape index (κ1) is 22.0. The molecule has 0 saturated heterocycles. The number of halogens is 2. The van der Waals surface area contributed by atoms with Crippen LogP contribution in [0.1, 0.15) is 16.8 Å². The molecule has 0 spiro atoms. The molecule has 8 heteroatoms. The maximum Gasteiger partial charge on any atom is 0.255 e. The monoisotopic (exact) mass is 473 g/mol. The molecule has 0 radical (unpaired) electrons. The second-order valence-corrected chi connectivity index (χ2v) is 8.33. The summed E-state index contributed by atoms with van der Waals surface area (Å²) in [5.41, 5.74) is 3.32. The van der Waals surface area contributed by atoms with Crippen LogP contribution in [0.15, 0.2) is 89.9 Å². The van der Waals surface area contributed by atoms with Gasteiger partial charge in [0.2, 0.25) is 0 Å². The van der Waals surface area contributed by atoms with Crippen LogP contribution in [0.3, 0.4) is 0 Å². The molecule has 0 unspecified atom stereocenters. The molecule has 5 rings (SSSR count). The molecule has 5 aromatic rings. The predicted molar refractivity (Wildman–Crippen MR) is 131 cm³/mol. The number of nitrogens with one attached hydrogen (secondary N) is 1. The zero-order valence-electron chi connectivity index (χ0n) is 18.2. The summed E-state index contributed by atoms with van der Waals surface area (Å²) < 4.78 is 15.6. The second kappa shape index (κ2) is 9.59. The lowest BCUT2D eigenvalue weighted by Gasteiger charge is -2.14. The van der Waals surface area contributed by atoms with Crippen LogP contribution in [0.25, 0.3) is 16.6 Å². The van der Waals surface area contributed by atoms with E-state index in [-0.39, 0.29) is 12.1 Å². The number of para-hydroxylation sites is 1. The molecule has 2 aromatic heterocycles. The van der Waals surface area contributed by atoms with Crippen molar-refractivity contribution in [3.05, 3.63) is 123 Å². The molecule has 0 aliphatic heterocycles. The second-order valence-electron chi connectivity index (χ2n) is 7.92. The van der Waals surface area contributed by atoms with Crippen molar-refractivity contribution in [3.8, 4) is 5.69 Å². The Morgan fingerprint density at radius 3 is 2.53 bits per heavy atom. The smallest absolute Gasteiger partial charge is 0.255 e. The molecule has 0 aliphatic rings. The number of fused-ring (bicyclic) bond motifs is 1. The molecule has 0 bridgehead atoms. The van der Waals surface area contributed by atoms with E-state index in [4.69, 9.17) is 11.6 Å². The molecule has 170 valence electrons. The van der Waals surface area contributed by atoms with Gasteiger partial charge in [-0.3, -0.25) is 4.79 Å². The highest BCUT2D eigenvalue weighted by Crippen LogP contribution is 2.20. The normalized spacial score (nSPS) is 11.2. The van der Waals surface area contributed by atoms with Gasteiger partial charge in [0.25, 0.3) is 5.56 Å². The fourth-order valence-electron chi connectivity index (χ4n) is 3.87. The highest BCUT2D eigenvalue weighted by molar-refractivity contribution is 6.31. The highest BCUT2D eigenvalue weighted by atomic mass is 35.5. The van der Waals surface area contributed by atoms with E-state index in [1.165, 1.54) is 12.1 Å². The number of rotatable bonds is 7. The standard InChI is InChI=1S/C26H21ClFN5O/c27-24-9-5-4-6-19(24)17-32-25-13-21(28)11-10-18(25)12-20(26(32)34)14-29-15-22-16-30-33(31-22)23-7-2-1-3-8-23/h1-13,16,29H,14-15,17H2. The maximum absolute atomic E-state index is 14.0. The SMILES string of the molecule is O=c1c(CNCc2cnn(-c3ccccc3)n2)cc2ccc(F)cc2n1Cc1ccccc1Cl. The number of hydrogen-bond acceptors (Lipinski definition) is 4. The van der Waals surface area contributed by atoms with Crippen molar-refractivity contribution in [1.82, 2.24) is 24.9 Å². The Hall–Kier alpha value is -3.81. The minimum atomic E-state index is -0.396. The molecular weight excluding hydrogens is 453 g/mol. The molecule has 0 fully saturated rings. The average molecular weight is 474 g/mol. The van der Waals surface area contributed by atoms with Gasteiger partial charge >= 0.3 is 0 Å². The fraction of sp³-hybridized carbons (Fsp3) is 0.115. The van der Waals surface area contributed by atoms with Gasteiger partial charge in [0.15, 0.2) is 0 Å². The Morgan fingerprint density at radius 2 is 1.71 bits per heavy atom. The van der Waals surface area contributed by atoms with Crippen LogP contribution in [-0.4, -0.2) is 19.6 Å². The van der Waals surface area contributed by atoms with Crippen LogP contribution in [0.4, 0.5) is 4.39 Å². The maximum atomic E-state index is 14.0. The number of hydrogen-bond donors (Lipinski definition) is 1. The van der Waals surface area contributed by atoms with E-state index in [1.54, 1.807) is 33.8 Å². The third-order valence-electron chi connectivity index (χ3n) is 5.57. The lowest BCUT2D eigenvalue weighted by atomic mass is 10.1. The lowest BCUT2D eigenvalue weighted by Crippen LogP contribution is -2.28. The van der Waals surface area contributed by atoms with Crippen molar-refractivity contribution in [2.45, 2.75) is 19.6 Å². The van der Waals surface area contributed by atoms with Gasteiger partial charge < -0.3 is 9.88 Å². The van der Waals surface area contributed by atoms with Crippen molar-refractivity contribution in [1.29, 1.82) is 0 Å². The van der Waals surface area contributed by atoms with Gasteiger partial charge in [0, 0.05) is 23.7 Å². The van der Waals surface area contributed by atoms with Crippen molar-refractivity contribution >= 4 is 22.5 Å². The summed E-state index contributed by atoms with van der Waals surface area (Å²) in [6.45, 7) is 1.02. The van der Waals surface area contributed by atoms with Crippen molar-refractivity contribution in [2.75, 3.05) is 0 Å². The van der Waals surface area contributed by atoms with E-state index in [1.807, 2.05) is 48.5 Å². The van der Waals surface area contributed by atoms with Crippen LogP contribution in [0.5, 0.6) is 0 Å². The first-order valence-corrected chi connectivity index (χ1v) is 11.2. The molecule has 0 amide bonds. The Bertz CT molecular complexity index is 1510. The summed E-state index contributed by atoms with van der Waals surface area (Å²) in [6.07, 6.45) is 1.69. The molecule has 1 N–H and O–H groups in total. The van der Waals surface area contributed by atoms with Crippen molar-refractivity contribution < 1.29 is 4.39 Å². The number of pyridine rings is 1. The first-order valence-electron chi connectivity index (χ1n) is 10.8. The zero-order chi connectivity index (χ0) is 23.5.